The summed E-state index contributed by atoms with van der Waals surface area (Å²) >= 11 is 0. The molecule has 0 radical (unpaired) electrons. The van der Waals surface area contributed by atoms with Crippen LogP contribution < -0.4 is 54.4 Å². The summed E-state index contributed by atoms with van der Waals surface area (Å²) in [5, 5.41) is 35.2. The van der Waals surface area contributed by atoms with Crippen molar-refractivity contribution in [2.24, 2.45) is 17.2 Å². The quantitative estimate of drug-likeness (QED) is 0.0660. The van der Waals surface area contributed by atoms with Crippen LogP contribution in [0.25, 0.3) is 0 Å². The highest BCUT2D eigenvalue weighted by Gasteiger charge is 2.22. The molecule has 14 nitrogen and oxygen atoms in total. The van der Waals surface area contributed by atoms with Crippen LogP contribution in [0.1, 0.15) is 25.7 Å². The summed E-state index contributed by atoms with van der Waals surface area (Å²) in [4.78, 5) is 24.3. The van der Waals surface area contributed by atoms with Crippen molar-refractivity contribution in [3.05, 3.63) is 0 Å². The molecular formula is C19H42N12O2. The second-order valence-electron chi connectivity index (χ2n) is 8.09. The van der Waals surface area contributed by atoms with E-state index < -0.39 is 12.1 Å². The Bertz CT molecular complexity index is 624. The molecule has 190 valence electrons. The van der Waals surface area contributed by atoms with Crippen molar-refractivity contribution in [3.63, 3.8) is 0 Å². The van der Waals surface area contributed by atoms with E-state index in [4.69, 9.17) is 28.0 Å². The van der Waals surface area contributed by atoms with Gasteiger partial charge in [-0.05, 0) is 25.7 Å². The van der Waals surface area contributed by atoms with Crippen LogP contribution in [-0.2, 0) is 9.59 Å². The number of guanidine groups is 2. The fourth-order valence-corrected chi connectivity index (χ4v) is 3.19. The second kappa shape index (κ2) is 16.0. The molecule has 1 aliphatic heterocycles. The predicted octanol–water partition coefficient (Wildman–Crippen LogP) is -4.41. The van der Waals surface area contributed by atoms with Crippen LogP contribution in [0.4, 0.5) is 0 Å². The number of nitrogens with two attached hydrogens (primary N) is 3. The SMILES string of the molecule is CNC(=N)NCCC[C@H](N)C(=O)NC[C@H]1CN[C@@H](CNC(=O)[C@@H](N)CCCNC(=N)N)CN1. The lowest BCUT2D eigenvalue weighted by Crippen LogP contribution is -2.61. The molecule has 14 heteroatoms. The monoisotopic (exact) mass is 470 g/mol. The van der Waals surface area contributed by atoms with Crippen molar-refractivity contribution in [1.29, 1.82) is 10.8 Å². The number of rotatable bonds is 14. The summed E-state index contributed by atoms with van der Waals surface area (Å²) in [5.74, 6) is -0.257. The van der Waals surface area contributed by atoms with Crippen molar-refractivity contribution >= 4 is 23.7 Å². The molecule has 0 aliphatic carbocycles. The third-order valence-electron chi connectivity index (χ3n) is 5.28. The van der Waals surface area contributed by atoms with E-state index >= 15 is 0 Å². The van der Waals surface area contributed by atoms with E-state index in [1.165, 1.54) is 0 Å². The predicted molar refractivity (Wildman–Crippen MR) is 129 cm³/mol. The molecule has 2 amide bonds. The molecular weight excluding hydrogens is 428 g/mol. The highest BCUT2D eigenvalue weighted by molar-refractivity contribution is 5.82. The van der Waals surface area contributed by atoms with Gasteiger partial charge in [0.05, 0.1) is 12.1 Å². The van der Waals surface area contributed by atoms with Gasteiger partial charge in [-0.1, -0.05) is 0 Å². The lowest BCUT2D eigenvalue weighted by molar-refractivity contribution is -0.123. The zero-order valence-corrected chi connectivity index (χ0v) is 19.4. The van der Waals surface area contributed by atoms with Crippen molar-refractivity contribution in [2.75, 3.05) is 46.3 Å². The van der Waals surface area contributed by atoms with Crippen LogP contribution in [0.2, 0.25) is 0 Å². The zero-order valence-electron chi connectivity index (χ0n) is 19.4. The summed E-state index contributed by atoms with van der Waals surface area (Å²) in [5.41, 5.74) is 17.0. The number of carbonyl (C=O) groups excluding carboxylic acids is 2. The van der Waals surface area contributed by atoms with E-state index in [0.717, 1.165) is 0 Å². The minimum Gasteiger partial charge on any atom is -0.370 e. The third-order valence-corrected chi connectivity index (χ3v) is 5.28. The molecule has 0 aromatic heterocycles. The lowest BCUT2D eigenvalue weighted by Gasteiger charge is -2.32. The van der Waals surface area contributed by atoms with Gasteiger partial charge in [0.1, 0.15) is 0 Å². The summed E-state index contributed by atoms with van der Waals surface area (Å²) < 4.78 is 0. The standard InChI is InChI=1S/C19H42N12O2/c1-25-19(24)27-7-3-5-15(21)17(33)31-11-13-9-28-12(8-29-13)10-30-16(32)14(20)4-2-6-26-18(22)23/h12-15,28-29H,2-11,20-21H2,1H3,(H,30,32)(H,31,33)(H4,22,23,26)(H3,24,25,27)/t12-,13-,14+,15+/m1/s1. The summed E-state index contributed by atoms with van der Waals surface area (Å²) in [6.45, 7) is 3.29. The average molecular weight is 471 g/mol. The van der Waals surface area contributed by atoms with Gasteiger partial charge in [0.2, 0.25) is 11.8 Å². The van der Waals surface area contributed by atoms with Gasteiger partial charge in [-0.25, -0.2) is 0 Å². The normalized spacial score (nSPS) is 19.6. The first kappa shape index (κ1) is 28.4. The van der Waals surface area contributed by atoms with Gasteiger partial charge >= 0.3 is 0 Å². The second-order valence-corrected chi connectivity index (χ2v) is 8.09. The molecule has 0 saturated carbocycles. The molecule has 0 aromatic carbocycles. The van der Waals surface area contributed by atoms with Crippen LogP contribution in [0.5, 0.6) is 0 Å². The van der Waals surface area contributed by atoms with Crippen molar-refractivity contribution in [1.82, 2.24) is 37.2 Å². The van der Waals surface area contributed by atoms with Crippen molar-refractivity contribution in [2.45, 2.75) is 49.9 Å². The molecule has 15 N–H and O–H groups in total. The molecule has 0 unspecified atom stereocenters. The summed E-state index contributed by atoms with van der Waals surface area (Å²) in [7, 11) is 1.66. The minimum absolute atomic E-state index is 0.0681. The molecule has 1 aliphatic rings. The van der Waals surface area contributed by atoms with E-state index in [2.05, 4.69) is 37.2 Å². The van der Waals surface area contributed by atoms with E-state index in [1.54, 1.807) is 7.05 Å². The number of amides is 2. The third kappa shape index (κ3) is 12.8. The number of hydrogen-bond acceptors (Lipinski definition) is 8. The molecule has 1 saturated heterocycles. The molecule has 1 heterocycles. The molecule has 4 atom stereocenters. The molecule has 0 bridgehead atoms. The van der Waals surface area contributed by atoms with Crippen LogP contribution in [0, 0.1) is 10.8 Å². The highest BCUT2D eigenvalue weighted by Crippen LogP contribution is 1.97. The Morgan fingerprint density at radius 2 is 1.33 bits per heavy atom. The minimum atomic E-state index is -0.603. The van der Waals surface area contributed by atoms with Crippen LogP contribution in [-0.4, -0.2) is 94.2 Å². The van der Waals surface area contributed by atoms with Gasteiger partial charge < -0.3 is 54.4 Å². The van der Waals surface area contributed by atoms with E-state index in [9.17, 15) is 9.59 Å². The summed E-state index contributed by atoms with van der Waals surface area (Å²) in [6, 6.07) is -1.05. The van der Waals surface area contributed by atoms with Crippen molar-refractivity contribution < 1.29 is 9.59 Å². The van der Waals surface area contributed by atoms with Gasteiger partial charge in [0.25, 0.3) is 0 Å². The number of hydrogen-bond donors (Lipinski definition) is 12. The maximum atomic E-state index is 12.2. The Hall–Kier alpha value is -2.68. The Balaban J connectivity index is 2.13. The van der Waals surface area contributed by atoms with Gasteiger partial charge in [0.15, 0.2) is 11.9 Å². The van der Waals surface area contributed by atoms with Crippen molar-refractivity contribution in [3.8, 4) is 0 Å². The van der Waals surface area contributed by atoms with E-state index in [-0.39, 0.29) is 35.8 Å². The Kier molecular flexibility index (Phi) is 13.8. The first-order valence-electron chi connectivity index (χ1n) is 11.3. The zero-order chi connectivity index (χ0) is 24.6. The van der Waals surface area contributed by atoms with Crippen LogP contribution in [0.3, 0.4) is 0 Å². The molecule has 33 heavy (non-hydrogen) atoms. The fraction of sp³-hybridized carbons (Fsp3) is 0.789. The number of piperazine rings is 1. The Morgan fingerprint density at radius 1 is 0.879 bits per heavy atom. The Labute approximate surface area is 195 Å². The van der Waals surface area contributed by atoms with Gasteiger partial charge in [-0.2, -0.15) is 0 Å². The molecule has 0 spiro atoms. The summed E-state index contributed by atoms with van der Waals surface area (Å²) in [6.07, 6.45) is 2.37. The number of nitrogens with one attached hydrogen (secondary N) is 9. The Morgan fingerprint density at radius 3 is 1.73 bits per heavy atom. The maximum Gasteiger partial charge on any atom is 0.236 e. The first-order valence-corrected chi connectivity index (χ1v) is 11.3. The number of carbonyl (C=O) groups is 2. The van der Waals surface area contributed by atoms with Gasteiger partial charge in [-0.3, -0.25) is 20.4 Å². The average Bonchev–Trinajstić information content (AvgIpc) is 2.81. The highest BCUT2D eigenvalue weighted by atomic mass is 16.2. The molecule has 1 fully saturated rings. The van der Waals surface area contributed by atoms with Gasteiger partial charge in [-0.15, -0.1) is 0 Å². The molecule has 1 rings (SSSR count). The topological polar surface area (TPSA) is 244 Å². The van der Waals surface area contributed by atoms with Crippen LogP contribution >= 0.6 is 0 Å². The maximum absolute atomic E-state index is 12.2. The fourth-order valence-electron chi connectivity index (χ4n) is 3.19. The molecule has 0 aromatic rings. The largest absolute Gasteiger partial charge is 0.370 e. The smallest absolute Gasteiger partial charge is 0.236 e. The van der Waals surface area contributed by atoms with Gasteiger partial charge in [0, 0.05) is 58.4 Å². The van der Waals surface area contributed by atoms with E-state index in [1.807, 2.05) is 0 Å². The van der Waals surface area contributed by atoms with Crippen LogP contribution in [0.15, 0.2) is 0 Å². The van der Waals surface area contributed by atoms with E-state index in [0.29, 0.717) is 65.0 Å². The lowest BCUT2D eigenvalue weighted by atomic mass is 10.1. The first-order chi connectivity index (χ1) is 15.7.